The lowest BCUT2D eigenvalue weighted by Gasteiger charge is -2.42. The van der Waals surface area contributed by atoms with E-state index >= 15 is 0 Å². The molecule has 2 saturated heterocycles. The predicted octanol–water partition coefficient (Wildman–Crippen LogP) is 5.74. The largest absolute Gasteiger partial charge is 0.460 e. The number of carbonyl (C=O) groups excluding carboxylic acids is 5. The number of piperidine rings is 1. The minimum Gasteiger partial charge on any atom is -0.460 e. The molecule has 2 bridgehead atoms. The van der Waals surface area contributed by atoms with E-state index in [0.717, 1.165) is 6.42 Å². The number of cyclic esters (lactones) is 1. The van der Waals surface area contributed by atoms with Crippen LogP contribution >= 0.6 is 0 Å². The Hall–Kier alpha value is -3.45. The van der Waals surface area contributed by atoms with Gasteiger partial charge in [0.05, 0.1) is 44.4 Å². The monoisotopic (exact) mass is 987 g/mol. The summed E-state index contributed by atoms with van der Waals surface area (Å²) in [6.07, 6.45) is 11.6. The van der Waals surface area contributed by atoms with Gasteiger partial charge >= 0.3 is 5.97 Å². The Labute approximate surface area is 416 Å². The summed E-state index contributed by atoms with van der Waals surface area (Å²) in [7, 11) is 4.83. The summed E-state index contributed by atoms with van der Waals surface area (Å²) in [6.45, 7) is 13.1. The van der Waals surface area contributed by atoms with E-state index in [2.05, 4.69) is 5.32 Å². The third-order valence-electron chi connectivity index (χ3n) is 15.0. The number of aliphatic hydroxyl groups is 3. The second-order valence-corrected chi connectivity index (χ2v) is 20.6. The van der Waals surface area contributed by atoms with Gasteiger partial charge in [-0.2, -0.15) is 0 Å². The number of allylic oxidation sites excluding steroid dienone is 6. The second kappa shape index (κ2) is 28.7. The molecule has 0 unspecified atom stereocenters. The minimum atomic E-state index is -2.48. The lowest BCUT2D eigenvalue weighted by molar-refractivity contribution is -0.265. The Morgan fingerprint density at radius 1 is 0.871 bits per heavy atom. The van der Waals surface area contributed by atoms with Crippen molar-refractivity contribution in [2.24, 2.45) is 35.5 Å². The van der Waals surface area contributed by atoms with E-state index in [1.807, 2.05) is 39.0 Å². The first-order valence-electron chi connectivity index (χ1n) is 25.7. The van der Waals surface area contributed by atoms with E-state index in [0.29, 0.717) is 62.5 Å². The fourth-order valence-corrected chi connectivity index (χ4v) is 10.6. The molecular formula is C54H86N2O14. The number of hydrogen-bond donors (Lipinski definition) is 4. The average molecular weight is 987 g/mol. The standard InChI is InChI=1S/C54H86N2O14/c1-33-16-12-11-13-17-34(2)43(58)30-41-21-19-39(7)54(64,70-41)51(61)52(62)56-23-15-14-18-42(56)53(63)69-46(36(4)28-40-20-22-45(67-25-24-57)47(29-40)65-9)31-44(59)35(3)27-38(6)49(68-32-55-8)50(66-10)48(60)37(5)26-33/h11-13,16-17,27,33,35-37,39-43,45-47,49-50,55,57-58,64H,14-15,18-26,28-32H2,1-10H3/b13-11+,16-12+,34-17+,38-27+/t33-,35-,36-,37-,39-,40+,41+,42+,43+,45-,46+,47-,49-,50+,54-/m1/s1. The van der Waals surface area contributed by atoms with Crippen LogP contribution in [0, 0.1) is 35.5 Å². The number of amides is 1. The summed E-state index contributed by atoms with van der Waals surface area (Å²) < 4.78 is 36.2. The highest BCUT2D eigenvalue weighted by atomic mass is 16.6. The Kier molecular flexibility index (Phi) is 24.2. The molecule has 4 rings (SSSR count). The molecule has 1 aliphatic carbocycles. The summed E-state index contributed by atoms with van der Waals surface area (Å²) in [5.74, 6) is -7.84. The lowest BCUT2D eigenvalue weighted by atomic mass is 9.78. The first-order chi connectivity index (χ1) is 33.3. The number of ketones is 3. The molecule has 1 amide bonds. The van der Waals surface area contributed by atoms with E-state index in [4.69, 9.17) is 28.4 Å². The van der Waals surface area contributed by atoms with Gasteiger partial charge in [-0.3, -0.25) is 24.5 Å². The first kappa shape index (κ1) is 59.1. The van der Waals surface area contributed by atoms with Crippen LogP contribution in [-0.2, 0) is 52.4 Å². The summed E-state index contributed by atoms with van der Waals surface area (Å²) in [5, 5.41) is 35.4. The number of aliphatic hydroxyl groups excluding tert-OH is 2. The molecule has 4 N–H and O–H groups in total. The van der Waals surface area contributed by atoms with Crippen LogP contribution in [0.4, 0.5) is 0 Å². The van der Waals surface area contributed by atoms with Gasteiger partial charge in [0, 0.05) is 51.4 Å². The maximum atomic E-state index is 14.5. The topological polar surface area (TPSA) is 217 Å². The highest BCUT2D eigenvalue weighted by Crippen LogP contribution is 2.38. The van der Waals surface area contributed by atoms with E-state index in [9.17, 15) is 39.3 Å². The van der Waals surface area contributed by atoms with Crippen LogP contribution in [0.15, 0.2) is 47.6 Å². The van der Waals surface area contributed by atoms with Crippen molar-refractivity contribution >= 4 is 29.2 Å². The number of esters is 1. The molecular weight excluding hydrogens is 901 g/mol. The third-order valence-corrected chi connectivity index (χ3v) is 15.0. The zero-order valence-corrected chi connectivity index (χ0v) is 43.6. The van der Waals surface area contributed by atoms with Crippen molar-refractivity contribution in [3.05, 3.63) is 47.6 Å². The Balaban J connectivity index is 1.73. The molecule has 3 aliphatic heterocycles. The van der Waals surface area contributed by atoms with Gasteiger partial charge in [0.1, 0.15) is 30.1 Å². The SMILES string of the molecule is CNCO[C@@H]1/C(C)=C/[C@@H](C)C(=O)C[C@@H]([C@H](C)C[C@@H]2CC[C@@H](OCCO)[C@H](OC)C2)OC(=O)[C@@H]2CCCCN2C(=O)C(=O)[C@]2(O)O[C@@H](CC[C@H]2C)C[C@H](O)/C(C)=C/C=C/C=C/[C@@H](C)C[C@@H](C)C(=O)[C@@H]1OC. The molecule has 0 aromatic carbocycles. The molecule has 70 heavy (non-hydrogen) atoms. The molecule has 16 heteroatoms. The number of methoxy groups -OCH3 is 2. The van der Waals surface area contributed by atoms with Crippen molar-refractivity contribution in [2.75, 3.05) is 47.8 Å². The molecule has 0 aromatic rings. The highest BCUT2D eigenvalue weighted by molar-refractivity contribution is 6.39. The van der Waals surface area contributed by atoms with Gasteiger partial charge in [-0.05, 0) is 114 Å². The zero-order valence-electron chi connectivity index (χ0n) is 43.6. The quantitative estimate of drug-likeness (QED) is 0.0840. The highest BCUT2D eigenvalue weighted by Gasteiger charge is 2.53. The van der Waals surface area contributed by atoms with Crippen molar-refractivity contribution in [3.8, 4) is 0 Å². The van der Waals surface area contributed by atoms with Gasteiger partial charge in [-0.15, -0.1) is 0 Å². The van der Waals surface area contributed by atoms with Crippen molar-refractivity contribution in [2.45, 2.75) is 180 Å². The van der Waals surface area contributed by atoms with Gasteiger partial charge in [-0.1, -0.05) is 71.1 Å². The fourth-order valence-electron chi connectivity index (χ4n) is 10.6. The molecule has 15 atom stereocenters. The number of nitrogens with zero attached hydrogens (tertiary/aromatic N) is 1. The number of fused-ring (bicyclic) bond motifs is 3. The molecule has 1 saturated carbocycles. The maximum Gasteiger partial charge on any atom is 0.329 e. The van der Waals surface area contributed by atoms with Gasteiger partial charge in [0.15, 0.2) is 5.78 Å². The van der Waals surface area contributed by atoms with Gasteiger partial charge in [0.2, 0.25) is 5.79 Å². The zero-order chi connectivity index (χ0) is 51.7. The number of hydrogen-bond acceptors (Lipinski definition) is 15. The van der Waals surface area contributed by atoms with Crippen LogP contribution in [-0.4, -0.2) is 152 Å². The molecule has 0 radical (unpaired) electrons. The first-order valence-corrected chi connectivity index (χ1v) is 25.7. The average Bonchev–Trinajstić information content (AvgIpc) is 3.34. The number of nitrogens with one attached hydrogen (secondary N) is 1. The maximum absolute atomic E-state index is 14.5. The van der Waals surface area contributed by atoms with Gasteiger partial charge in [-0.25, -0.2) is 4.79 Å². The van der Waals surface area contributed by atoms with Crippen LogP contribution in [0.1, 0.15) is 126 Å². The van der Waals surface area contributed by atoms with Crippen LogP contribution in [0.25, 0.3) is 0 Å². The fraction of sp³-hybridized carbons (Fsp3) is 0.759. The van der Waals surface area contributed by atoms with Crippen molar-refractivity contribution in [3.63, 3.8) is 0 Å². The van der Waals surface area contributed by atoms with E-state index in [1.165, 1.54) is 12.0 Å². The summed E-state index contributed by atoms with van der Waals surface area (Å²) >= 11 is 0. The Morgan fingerprint density at radius 2 is 1.61 bits per heavy atom. The van der Waals surface area contributed by atoms with E-state index in [-0.39, 0.29) is 87.3 Å². The smallest absolute Gasteiger partial charge is 0.329 e. The third kappa shape index (κ3) is 16.3. The Bertz CT molecular complexity index is 1850. The summed E-state index contributed by atoms with van der Waals surface area (Å²) in [4.78, 5) is 72.7. The van der Waals surface area contributed by atoms with Crippen LogP contribution in [0.5, 0.6) is 0 Å². The molecule has 3 fully saturated rings. The van der Waals surface area contributed by atoms with Crippen LogP contribution in [0.2, 0.25) is 0 Å². The van der Waals surface area contributed by atoms with Crippen molar-refractivity contribution in [1.29, 1.82) is 0 Å². The minimum absolute atomic E-state index is 0.0189. The predicted molar refractivity (Wildman–Crippen MR) is 264 cm³/mol. The second-order valence-electron chi connectivity index (χ2n) is 20.6. The number of ether oxygens (including phenoxy) is 6. The summed E-state index contributed by atoms with van der Waals surface area (Å²) in [5.41, 5.74) is 1.25. The molecule has 396 valence electrons. The lowest BCUT2D eigenvalue weighted by Crippen LogP contribution is -2.61. The van der Waals surface area contributed by atoms with Crippen LogP contribution in [0.3, 0.4) is 0 Å². The number of Topliss-reactive ketones (excluding diaryl/α,β-unsaturated/α-hetero) is 3. The van der Waals surface area contributed by atoms with E-state index < -0.39 is 77.8 Å². The van der Waals surface area contributed by atoms with Crippen molar-refractivity contribution in [1.82, 2.24) is 10.2 Å². The molecule has 16 nitrogen and oxygen atoms in total. The summed E-state index contributed by atoms with van der Waals surface area (Å²) in [6, 6.07) is -1.16. The molecule has 0 spiro atoms. The molecule has 3 heterocycles. The van der Waals surface area contributed by atoms with Crippen LogP contribution < -0.4 is 5.32 Å². The number of rotatable bonds is 11. The van der Waals surface area contributed by atoms with Gasteiger partial charge in [0.25, 0.3) is 11.7 Å². The normalized spacial score (nSPS) is 38.4. The molecule has 0 aromatic heterocycles. The van der Waals surface area contributed by atoms with E-state index in [1.54, 1.807) is 60.1 Å². The van der Waals surface area contributed by atoms with Gasteiger partial charge < -0.3 is 48.6 Å². The Morgan fingerprint density at radius 3 is 2.30 bits per heavy atom. The van der Waals surface area contributed by atoms with Crippen molar-refractivity contribution < 1.29 is 67.7 Å². The molecule has 4 aliphatic rings. The number of carbonyl (C=O) groups is 5.